The molecule has 3 rings (SSSR count). The van der Waals surface area contributed by atoms with Crippen molar-refractivity contribution >= 4 is 11.8 Å². The van der Waals surface area contributed by atoms with Gasteiger partial charge in [-0.05, 0) is 56.7 Å². The molecule has 0 radical (unpaired) electrons. The minimum atomic E-state index is 0.0832. The maximum Gasteiger partial charge on any atom is 0.225 e. The lowest BCUT2D eigenvalue weighted by Crippen LogP contribution is -2.47. The smallest absolute Gasteiger partial charge is 0.225 e. The molecular weight excluding hydrogens is 316 g/mol. The molecule has 1 heterocycles. The standard InChI is InChI=1S/C20H28N2O3/c1-15-4-2-5-18(14-15)25-13-3-6-19(23)21-17-9-11-22(12-10-17)20(24)16-7-8-16/h2,4-5,14,16-17H,3,6-13H2,1H3,(H,21,23). The summed E-state index contributed by atoms with van der Waals surface area (Å²) in [6.45, 7) is 4.13. The number of benzene rings is 1. The van der Waals surface area contributed by atoms with E-state index in [-0.39, 0.29) is 11.9 Å². The van der Waals surface area contributed by atoms with Gasteiger partial charge in [0.05, 0.1) is 6.61 Å². The first-order chi connectivity index (χ1) is 12.1. The lowest BCUT2D eigenvalue weighted by Gasteiger charge is -2.32. The fraction of sp³-hybridized carbons (Fsp3) is 0.600. The van der Waals surface area contributed by atoms with E-state index >= 15 is 0 Å². The molecule has 5 nitrogen and oxygen atoms in total. The predicted octanol–water partition coefficient (Wildman–Crippen LogP) is 2.67. The molecule has 0 bridgehead atoms. The highest BCUT2D eigenvalue weighted by molar-refractivity contribution is 5.81. The summed E-state index contributed by atoms with van der Waals surface area (Å²) in [6.07, 6.45) is 5.03. The van der Waals surface area contributed by atoms with Crippen molar-refractivity contribution in [1.29, 1.82) is 0 Å². The summed E-state index contributed by atoms with van der Waals surface area (Å²) in [5.41, 5.74) is 1.17. The zero-order valence-corrected chi connectivity index (χ0v) is 15.0. The van der Waals surface area contributed by atoms with Gasteiger partial charge in [-0.1, -0.05) is 12.1 Å². The summed E-state index contributed by atoms with van der Waals surface area (Å²) in [7, 11) is 0. The van der Waals surface area contributed by atoms with E-state index < -0.39 is 0 Å². The van der Waals surface area contributed by atoms with Gasteiger partial charge < -0.3 is 15.0 Å². The van der Waals surface area contributed by atoms with E-state index in [2.05, 4.69) is 5.32 Å². The summed E-state index contributed by atoms with van der Waals surface area (Å²) in [5.74, 6) is 1.55. The summed E-state index contributed by atoms with van der Waals surface area (Å²) >= 11 is 0. The number of nitrogens with one attached hydrogen (secondary N) is 1. The molecule has 1 aliphatic heterocycles. The van der Waals surface area contributed by atoms with Crippen LogP contribution in [0.2, 0.25) is 0 Å². The van der Waals surface area contributed by atoms with Crippen LogP contribution in [-0.4, -0.2) is 42.5 Å². The maximum atomic E-state index is 12.1. The molecule has 25 heavy (non-hydrogen) atoms. The van der Waals surface area contributed by atoms with Crippen molar-refractivity contribution < 1.29 is 14.3 Å². The molecule has 0 aromatic heterocycles. The fourth-order valence-corrected chi connectivity index (χ4v) is 3.26. The molecule has 136 valence electrons. The Kier molecular flexibility index (Phi) is 5.95. The molecule has 2 aliphatic rings. The Morgan fingerprint density at radius 1 is 1.20 bits per heavy atom. The molecule has 5 heteroatoms. The summed E-state index contributed by atoms with van der Waals surface area (Å²) < 4.78 is 5.67. The Morgan fingerprint density at radius 3 is 2.64 bits per heavy atom. The predicted molar refractivity (Wildman–Crippen MR) is 96.4 cm³/mol. The van der Waals surface area contributed by atoms with Gasteiger partial charge >= 0.3 is 0 Å². The van der Waals surface area contributed by atoms with E-state index in [1.165, 1.54) is 5.56 Å². The van der Waals surface area contributed by atoms with Gasteiger partial charge in [0.2, 0.25) is 11.8 Å². The van der Waals surface area contributed by atoms with Gasteiger partial charge in [-0.15, -0.1) is 0 Å². The highest BCUT2D eigenvalue weighted by atomic mass is 16.5. The second-order valence-electron chi connectivity index (χ2n) is 7.21. The highest BCUT2D eigenvalue weighted by Gasteiger charge is 2.34. The third-order valence-electron chi connectivity index (χ3n) is 4.90. The van der Waals surface area contributed by atoms with Crippen molar-refractivity contribution in [2.75, 3.05) is 19.7 Å². The molecule has 0 unspecified atom stereocenters. The molecule has 1 aliphatic carbocycles. The summed E-state index contributed by atoms with van der Waals surface area (Å²) in [5, 5.41) is 3.10. The molecule has 1 N–H and O–H groups in total. The number of nitrogens with zero attached hydrogens (tertiary/aromatic N) is 1. The van der Waals surface area contributed by atoms with Gasteiger partial charge in [0.15, 0.2) is 0 Å². The first-order valence-corrected chi connectivity index (χ1v) is 9.39. The number of piperidine rings is 1. The number of likely N-dealkylation sites (tertiary alicyclic amines) is 1. The molecule has 2 fully saturated rings. The van der Waals surface area contributed by atoms with Crippen LogP contribution in [-0.2, 0) is 9.59 Å². The maximum absolute atomic E-state index is 12.1. The Bertz CT molecular complexity index is 605. The number of carbonyl (C=O) groups is 2. The van der Waals surface area contributed by atoms with Crippen molar-refractivity contribution in [2.24, 2.45) is 5.92 Å². The largest absolute Gasteiger partial charge is 0.494 e. The van der Waals surface area contributed by atoms with E-state index in [9.17, 15) is 9.59 Å². The van der Waals surface area contributed by atoms with Crippen LogP contribution in [0, 0.1) is 12.8 Å². The normalized spacial score (nSPS) is 18.0. The van der Waals surface area contributed by atoms with Crippen molar-refractivity contribution in [3.05, 3.63) is 29.8 Å². The van der Waals surface area contributed by atoms with E-state index in [1.54, 1.807) is 0 Å². The monoisotopic (exact) mass is 344 g/mol. The number of aryl methyl sites for hydroxylation is 1. The number of rotatable bonds is 7. The van der Waals surface area contributed by atoms with E-state index in [1.807, 2.05) is 36.1 Å². The van der Waals surface area contributed by atoms with Gasteiger partial charge in [-0.3, -0.25) is 9.59 Å². The van der Waals surface area contributed by atoms with E-state index in [4.69, 9.17) is 4.74 Å². The first-order valence-electron chi connectivity index (χ1n) is 9.39. The van der Waals surface area contributed by atoms with Crippen LogP contribution in [0.1, 0.15) is 44.1 Å². The zero-order chi connectivity index (χ0) is 17.6. The molecule has 1 saturated carbocycles. The molecule has 0 atom stereocenters. The molecule has 0 spiro atoms. The SMILES string of the molecule is Cc1cccc(OCCCC(=O)NC2CCN(C(=O)C3CC3)CC2)c1. The Labute approximate surface area is 149 Å². The van der Waals surface area contributed by atoms with Crippen LogP contribution in [0.5, 0.6) is 5.75 Å². The van der Waals surface area contributed by atoms with E-state index in [0.717, 1.165) is 44.5 Å². The number of hydrogen-bond donors (Lipinski definition) is 1. The van der Waals surface area contributed by atoms with Crippen LogP contribution in [0.4, 0.5) is 0 Å². The van der Waals surface area contributed by atoms with Crippen molar-refractivity contribution in [2.45, 2.75) is 51.5 Å². The quantitative estimate of drug-likeness (QED) is 0.774. The number of amides is 2. The van der Waals surface area contributed by atoms with Crippen LogP contribution >= 0.6 is 0 Å². The van der Waals surface area contributed by atoms with Gasteiger partial charge in [0.1, 0.15) is 5.75 Å². The molecule has 1 saturated heterocycles. The molecule has 2 amide bonds. The van der Waals surface area contributed by atoms with Crippen LogP contribution in [0.25, 0.3) is 0 Å². The number of carbonyl (C=O) groups excluding carboxylic acids is 2. The lowest BCUT2D eigenvalue weighted by atomic mass is 10.0. The Balaban J connectivity index is 1.28. The van der Waals surface area contributed by atoms with Crippen molar-refractivity contribution in [3.8, 4) is 5.75 Å². The van der Waals surface area contributed by atoms with Gasteiger partial charge in [-0.25, -0.2) is 0 Å². The van der Waals surface area contributed by atoms with Gasteiger partial charge in [0.25, 0.3) is 0 Å². The first kappa shape index (κ1) is 17.8. The molecule has 1 aromatic carbocycles. The van der Waals surface area contributed by atoms with Crippen LogP contribution in [0.3, 0.4) is 0 Å². The second-order valence-corrected chi connectivity index (χ2v) is 7.21. The second kappa shape index (κ2) is 8.37. The fourth-order valence-electron chi connectivity index (χ4n) is 3.26. The average molecular weight is 344 g/mol. The van der Waals surface area contributed by atoms with E-state index in [0.29, 0.717) is 31.3 Å². The van der Waals surface area contributed by atoms with Gasteiger partial charge in [-0.2, -0.15) is 0 Å². The third kappa shape index (κ3) is 5.48. The van der Waals surface area contributed by atoms with Crippen molar-refractivity contribution in [1.82, 2.24) is 10.2 Å². The zero-order valence-electron chi connectivity index (χ0n) is 15.0. The topological polar surface area (TPSA) is 58.6 Å². The van der Waals surface area contributed by atoms with Crippen LogP contribution < -0.4 is 10.1 Å². The summed E-state index contributed by atoms with van der Waals surface area (Å²) in [4.78, 5) is 26.1. The Hall–Kier alpha value is -2.04. The molecule has 1 aromatic rings. The minimum Gasteiger partial charge on any atom is -0.494 e. The number of hydrogen-bond acceptors (Lipinski definition) is 3. The molecular formula is C20H28N2O3. The third-order valence-corrected chi connectivity index (χ3v) is 4.90. The average Bonchev–Trinajstić information content (AvgIpc) is 3.44. The van der Waals surface area contributed by atoms with Gasteiger partial charge in [0, 0.05) is 31.5 Å². The summed E-state index contributed by atoms with van der Waals surface area (Å²) in [6, 6.07) is 8.13. The Morgan fingerprint density at radius 2 is 1.96 bits per heavy atom. The van der Waals surface area contributed by atoms with Crippen LogP contribution in [0.15, 0.2) is 24.3 Å². The van der Waals surface area contributed by atoms with Crippen molar-refractivity contribution in [3.63, 3.8) is 0 Å². The highest BCUT2D eigenvalue weighted by Crippen LogP contribution is 2.31. The minimum absolute atomic E-state index is 0.0832. The number of ether oxygens (including phenoxy) is 1. The lowest BCUT2D eigenvalue weighted by molar-refractivity contribution is -0.133.